The molecule has 6 heteroatoms. The molecule has 2 fully saturated rings. The van der Waals surface area contributed by atoms with Gasteiger partial charge in [-0.15, -0.1) is 0 Å². The molecule has 2 saturated heterocycles. The van der Waals surface area contributed by atoms with E-state index in [1.54, 1.807) is 24.3 Å². The Morgan fingerprint density at radius 1 is 0.308 bits per heavy atom. The molecule has 0 bridgehead atoms. The van der Waals surface area contributed by atoms with Crippen LogP contribution in [-0.2, 0) is 19.2 Å². The number of benzene rings is 5. The Balaban J connectivity index is 1.10. The highest BCUT2D eigenvalue weighted by molar-refractivity contribution is 6.25. The van der Waals surface area contributed by atoms with E-state index in [0.29, 0.717) is 11.4 Å². The Kier molecular flexibility index (Phi) is 7.88. The minimum atomic E-state index is -0.615. The van der Waals surface area contributed by atoms with E-state index in [2.05, 4.69) is 24.3 Å². The van der Waals surface area contributed by atoms with E-state index < -0.39 is 23.7 Å². The molecule has 52 heavy (non-hydrogen) atoms. The molecule has 8 atom stereocenters. The number of amides is 4. The Hall–Kier alpha value is -6.14. The molecule has 4 aliphatic rings. The molecule has 0 N–H and O–H groups in total. The molecular weight excluding hydrogens is 645 g/mol. The van der Waals surface area contributed by atoms with Crippen LogP contribution in [0.2, 0.25) is 0 Å². The first-order valence-electron chi connectivity index (χ1n) is 17.9. The first-order chi connectivity index (χ1) is 25.5. The normalized spacial score (nSPS) is 27.9. The van der Waals surface area contributed by atoms with Gasteiger partial charge < -0.3 is 0 Å². The predicted molar refractivity (Wildman–Crippen MR) is 200 cm³/mol. The van der Waals surface area contributed by atoms with Crippen LogP contribution in [0.5, 0.6) is 0 Å². The lowest BCUT2D eigenvalue weighted by atomic mass is 9.68. The summed E-state index contributed by atoms with van der Waals surface area (Å²) < 4.78 is 0. The SMILES string of the molecule is O=C1C2C(c3ccccc3)C=CC(c3ccccc3)C2C(=O)N1c1cccc(N2C(=O)C3C(c4ccccc4)C=CC(c4ccccc4)C3C2=O)c1. The number of rotatable bonds is 6. The van der Waals surface area contributed by atoms with E-state index in [1.165, 1.54) is 9.80 Å². The van der Waals surface area contributed by atoms with Crippen molar-refractivity contribution in [3.63, 3.8) is 0 Å². The first kappa shape index (κ1) is 31.8. The van der Waals surface area contributed by atoms with Gasteiger partial charge in [0.15, 0.2) is 0 Å². The summed E-state index contributed by atoms with van der Waals surface area (Å²) in [7, 11) is 0. The Morgan fingerprint density at radius 2 is 0.558 bits per heavy atom. The number of hydrogen-bond acceptors (Lipinski definition) is 4. The molecule has 8 unspecified atom stereocenters. The maximum atomic E-state index is 14.6. The third-order valence-electron chi connectivity index (χ3n) is 11.5. The molecule has 9 rings (SSSR count). The summed E-state index contributed by atoms with van der Waals surface area (Å²) in [6.45, 7) is 0. The second-order valence-electron chi connectivity index (χ2n) is 14.2. The second-order valence-corrected chi connectivity index (χ2v) is 14.2. The topological polar surface area (TPSA) is 74.8 Å². The average Bonchev–Trinajstić information content (AvgIpc) is 3.63. The summed E-state index contributed by atoms with van der Waals surface area (Å²) in [5.41, 5.74) is 4.61. The fourth-order valence-electron chi connectivity index (χ4n) is 9.15. The fraction of sp³-hybridized carbons (Fsp3) is 0.174. The Bertz CT molecular complexity index is 1940. The predicted octanol–water partition coefficient (Wildman–Crippen LogP) is 8.17. The third-order valence-corrected chi connectivity index (χ3v) is 11.5. The zero-order valence-electron chi connectivity index (χ0n) is 28.3. The minimum absolute atomic E-state index is 0.280. The van der Waals surface area contributed by atoms with Crippen LogP contribution in [-0.4, -0.2) is 23.6 Å². The molecule has 0 radical (unpaired) electrons. The molecule has 0 spiro atoms. The van der Waals surface area contributed by atoms with Gasteiger partial charge in [0.2, 0.25) is 23.6 Å². The van der Waals surface area contributed by atoms with Crippen molar-refractivity contribution in [1.82, 2.24) is 0 Å². The zero-order chi connectivity index (χ0) is 35.3. The summed E-state index contributed by atoms with van der Waals surface area (Å²) >= 11 is 0. The van der Waals surface area contributed by atoms with Crippen molar-refractivity contribution in [3.05, 3.63) is 192 Å². The zero-order valence-corrected chi connectivity index (χ0v) is 28.3. The monoisotopic (exact) mass is 680 g/mol. The van der Waals surface area contributed by atoms with E-state index in [4.69, 9.17) is 0 Å². The van der Waals surface area contributed by atoms with Gasteiger partial charge in [0.1, 0.15) is 0 Å². The van der Waals surface area contributed by atoms with Crippen LogP contribution in [0.3, 0.4) is 0 Å². The largest absolute Gasteiger partial charge is 0.274 e. The van der Waals surface area contributed by atoms with Crippen LogP contribution in [0, 0.1) is 23.7 Å². The molecule has 2 aliphatic carbocycles. The Labute approximate surface area is 302 Å². The van der Waals surface area contributed by atoms with E-state index >= 15 is 0 Å². The van der Waals surface area contributed by atoms with Gasteiger partial charge in [-0.05, 0) is 40.5 Å². The highest BCUT2D eigenvalue weighted by Crippen LogP contribution is 2.52. The molecule has 6 nitrogen and oxygen atoms in total. The number of imide groups is 2. The van der Waals surface area contributed by atoms with Crippen molar-refractivity contribution in [2.75, 3.05) is 9.80 Å². The standard InChI is InChI=1S/C46H36N2O4/c49-43-39-35(29-14-5-1-6-15-29)24-25-36(30-16-7-2-8-17-30)40(39)44(50)47(43)33-22-13-23-34(28-33)48-45(51)41-37(31-18-9-3-10-19-31)26-27-38(42(41)46(48)52)32-20-11-4-12-21-32/h1-28,35-42H. The van der Waals surface area contributed by atoms with E-state index in [0.717, 1.165) is 22.3 Å². The van der Waals surface area contributed by atoms with Gasteiger partial charge in [-0.1, -0.05) is 152 Å². The van der Waals surface area contributed by atoms with Gasteiger partial charge in [-0.25, -0.2) is 9.80 Å². The number of allylic oxidation sites excluding steroid dienone is 4. The van der Waals surface area contributed by atoms with Crippen molar-refractivity contribution in [2.24, 2.45) is 23.7 Å². The number of hydrogen-bond donors (Lipinski definition) is 0. The number of nitrogens with zero attached hydrogens (tertiary/aromatic N) is 2. The second kappa shape index (κ2) is 12.9. The first-order valence-corrected chi connectivity index (χ1v) is 17.9. The van der Waals surface area contributed by atoms with Crippen LogP contribution in [0.1, 0.15) is 45.9 Å². The van der Waals surface area contributed by atoms with Gasteiger partial charge in [-0.3, -0.25) is 19.2 Å². The molecule has 2 heterocycles. The lowest BCUT2D eigenvalue weighted by Gasteiger charge is -2.32. The molecule has 5 aromatic carbocycles. The van der Waals surface area contributed by atoms with Crippen LogP contribution in [0.4, 0.5) is 11.4 Å². The maximum Gasteiger partial charge on any atom is 0.238 e. The summed E-state index contributed by atoms with van der Waals surface area (Å²) in [5.74, 6) is -4.70. The van der Waals surface area contributed by atoms with E-state index in [-0.39, 0.29) is 47.3 Å². The molecular formula is C46H36N2O4. The molecule has 254 valence electrons. The van der Waals surface area contributed by atoms with Crippen LogP contribution < -0.4 is 9.80 Å². The molecule has 5 aromatic rings. The molecule has 4 amide bonds. The fourth-order valence-corrected chi connectivity index (χ4v) is 9.15. The number of anilines is 2. The van der Waals surface area contributed by atoms with Crippen LogP contribution in [0.25, 0.3) is 0 Å². The van der Waals surface area contributed by atoms with Crippen molar-refractivity contribution >= 4 is 35.0 Å². The maximum absolute atomic E-state index is 14.6. The van der Waals surface area contributed by atoms with Gasteiger partial charge in [-0.2, -0.15) is 0 Å². The Morgan fingerprint density at radius 3 is 0.808 bits per heavy atom. The van der Waals surface area contributed by atoms with Crippen molar-refractivity contribution in [2.45, 2.75) is 23.7 Å². The van der Waals surface area contributed by atoms with Gasteiger partial charge in [0, 0.05) is 23.7 Å². The number of carbonyl (C=O) groups is 4. The van der Waals surface area contributed by atoms with E-state index in [1.807, 2.05) is 121 Å². The average molecular weight is 681 g/mol. The lowest BCUT2D eigenvalue weighted by Crippen LogP contribution is -2.33. The summed E-state index contributed by atoms with van der Waals surface area (Å²) in [4.78, 5) is 60.9. The van der Waals surface area contributed by atoms with Crippen molar-refractivity contribution in [1.29, 1.82) is 0 Å². The van der Waals surface area contributed by atoms with Gasteiger partial charge in [0.05, 0.1) is 35.0 Å². The molecule has 0 saturated carbocycles. The van der Waals surface area contributed by atoms with Gasteiger partial charge >= 0.3 is 0 Å². The summed E-state index contributed by atoms with van der Waals surface area (Å²) in [5, 5.41) is 0. The third kappa shape index (κ3) is 5.09. The molecule has 2 aliphatic heterocycles. The molecule has 0 aromatic heterocycles. The quantitative estimate of drug-likeness (QED) is 0.134. The van der Waals surface area contributed by atoms with Crippen molar-refractivity contribution in [3.8, 4) is 0 Å². The van der Waals surface area contributed by atoms with E-state index in [9.17, 15) is 19.2 Å². The van der Waals surface area contributed by atoms with Crippen LogP contribution >= 0.6 is 0 Å². The summed E-state index contributed by atoms with van der Waals surface area (Å²) in [6, 6.07) is 46.2. The number of fused-ring (bicyclic) bond motifs is 2. The van der Waals surface area contributed by atoms with Crippen molar-refractivity contribution < 1.29 is 19.2 Å². The number of carbonyl (C=O) groups excluding carboxylic acids is 4. The van der Waals surface area contributed by atoms with Gasteiger partial charge in [0.25, 0.3) is 0 Å². The summed E-state index contributed by atoms with van der Waals surface area (Å²) in [6.07, 6.45) is 8.29. The minimum Gasteiger partial charge on any atom is -0.274 e. The lowest BCUT2D eigenvalue weighted by molar-refractivity contribution is -0.124. The smallest absolute Gasteiger partial charge is 0.238 e. The van der Waals surface area contributed by atoms with Crippen LogP contribution in [0.15, 0.2) is 170 Å². The highest BCUT2D eigenvalue weighted by Gasteiger charge is 2.57. The highest BCUT2D eigenvalue weighted by atomic mass is 16.2.